The number of halogens is 1. The number of rotatable bonds is 4. The predicted molar refractivity (Wildman–Crippen MR) is 89.2 cm³/mol. The maximum atomic E-state index is 13.2. The van der Waals surface area contributed by atoms with Crippen molar-refractivity contribution in [3.05, 3.63) is 53.1 Å². The molecule has 1 atom stereocenters. The predicted octanol–water partition coefficient (Wildman–Crippen LogP) is 3.46. The first-order valence-corrected chi connectivity index (χ1v) is 8.72. The molecular weight excluding hydrogens is 315 g/mol. The van der Waals surface area contributed by atoms with Crippen molar-refractivity contribution in [2.75, 3.05) is 6.61 Å². The lowest BCUT2D eigenvalue weighted by molar-refractivity contribution is 0.337. The third kappa shape index (κ3) is 3.32. The summed E-state index contributed by atoms with van der Waals surface area (Å²) in [5.74, 6) is 0.705. The van der Waals surface area contributed by atoms with Crippen LogP contribution in [0.15, 0.2) is 35.5 Å². The van der Waals surface area contributed by atoms with Gasteiger partial charge < -0.3 is 4.74 Å². The number of ether oxygens (including phenoxy) is 1. The van der Waals surface area contributed by atoms with Crippen LogP contribution in [0.3, 0.4) is 0 Å². The molecule has 0 bridgehead atoms. The Kier molecular flexibility index (Phi) is 4.52. The molecule has 0 spiro atoms. The molecule has 23 heavy (non-hydrogen) atoms. The SMILES string of the molecule is CCOc1ccnc(CS(=O)C2=Nc3cc(F)ccc3C2)c1C. The molecule has 0 N–H and O–H groups in total. The lowest BCUT2D eigenvalue weighted by atomic mass is 10.1. The average molecular weight is 332 g/mol. The Hall–Kier alpha value is -2.08. The number of benzene rings is 1. The van der Waals surface area contributed by atoms with Crippen LogP contribution >= 0.6 is 0 Å². The summed E-state index contributed by atoms with van der Waals surface area (Å²) >= 11 is 0. The van der Waals surface area contributed by atoms with Crippen LogP contribution in [0.25, 0.3) is 0 Å². The molecule has 0 amide bonds. The molecule has 0 fully saturated rings. The van der Waals surface area contributed by atoms with E-state index in [0.29, 0.717) is 23.8 Å². The zero-order chi connectivity index (χ0) is 16.4. The van der Waals surface area contributed by atoms with Gasteiger partial charge in [-0.3, -0.25) is 9.19 Å². The summed E-state index contributed by atoms with van der Waals surface area (Å²) in [6, 6.07) is 6.27. The highest BCUT2D eigenvalue weighted by Crippen LogP contribution is 2.29. The van der Waals surface area contributed by atoms with E-state index >= 15 is 0 Å². The molecule has 4 nitrogen and oxygen atoms in total. The Morgan fingerprint density at radius 2 is 2.17 bits per heavy atom. The Morgan fingerprint density at radius 3 is 2.96 bits per heavy atom. The fraction of sp³-hybridized carbons (Fsp3) is 0.294. The molecule has 1 aromatic heterocycles. The summed E-state index contributed by atoms with van der Waals surface area (Å²) in [4.78, 5) is 8.62. The molecule has 3 rings (SSSR count). The number of fused-ring (bicyclic) bond motifs is 1. The monoisotopic (exact) mass is 332 g/mol. The highest BCUT2D eigenvalue weighted by Gasteiger charge is 2.21. The van der Waals surface area contributed by atoms with Gasteiger partial charge in [0.05, 0.1) is 34.5 Å². The molecular formula is C17H17FN2O2S. The van der Waals surface area contributed by atoms with Crippen LogP contribution < -0.4 is 4.74 Å². The molecule has 2 aromatic rings. The van der Waals surface area contributed by atoms with Gasteiger partial charge in [-0.15, -0.1) is 0 Å². The van der Waals surface area contributed by atoms with Gasteiger partial charge in [0, 0.05) is 18.2 Å². The standard InChI is InChI=1S/C17H17FN2O2S/c1-3-22-16-6-7-19-15(11(16)2)10-23(21)17-8-12-4-5-13(18)9-14(12)20-17/h4-7,9H,3,8,10H2,1-2H3. The normalized spacial score (nSPS) is 14.3. The van der Waals surface area contributed by atoms with Gasteiger partial charge >= 0.3 is 0 Å². The highest BCUT2D eigenvalue weighted by atomic mass is 32.2. The minimum Gasteiger partial charge on any atom is -0.493 e. The lowest BCUT2D eigenvalue weighted by Crippen LogP contribution is -2.11. The fourth-order valence-electron chi connectivity index (χ4n) is 2.48. The van der Waals surface area contributed by atoms with E-state index < -0.39 is 10.8 Å². The maximum Gasteiger partial charge on any atom is 0.125 e. The molecule has 1 aliphatic heterocycles. The van der Waals surface area contributed by atoms with Gasteiger partial charge in [-0.1, -0.05) is 6.07 Å². The number of aliphatic imine (C=N–C) groups is 1. The smallest absolute Gasteiger partial charge is 0.125 e. The number of pyridine rings is 1. The van der Waals surface area contributed by atoms with E-state index in [9.17, 15) is 8.60 Å². The first-order valence-electron chi connectivity index (χ1n) is 7.40. The summed E-state index contributed by atoms with van der Waals surface area (Å²) in [6.45, 7) is 4.40. The van der Waals surface area contributed by atoms with Gasteiger partial charge in [0.2, 0.25) is 0 Å². The van der Waals surface area contributed by atoms with Gasteiger partial charge in [0.15, 0.2) is 0 Å². The van der Waals surface area contributed by atoms with E-state index in [1.54, 1.807) is 18.3 Å². The van der Waals surface area contributed by atoms with Gasteiger partial charge in [-0.2, -0.15) is 0 Å². The van der Waals surface area contributed by atoms with E-state index in [-0.39, 0.29) is 11.6 Å². The van der Waals surface area contributed by atoms with E-state index in [2.05, 4.69) is 9.98 Å². The molecule has 0 saturated carbocycles. The molecule has 1 aromatic carbocycles. The van der Waals surface area contributed by atoms with Gasteiger partial charge in [-0.05, 0) is 37.6 Å². The molecule has 0 aliphatic carbocycles. The van der Waals surface area contributed by atoms with Crippen LogP contribution in [0.1, 0.15) is 23.7 Å². The van der Waals surface area contributed by atoms with Crippen molar-refractivity contribution in [3.8, 4) is 5.75 Å². The molecule has 0 saturated heterocycles. The van der Waals surface area contributed by atoms with Crippen LogP contribution in [0, 0.1) is 12.7 Å². The first kappa shape index (κ1) is 15.8. The third-order valence-electron chi connectivity index (χ3n) is 3.72. The summed E-state index contributed by atoms with van der Waals surface area (Å²) in [5.41, 5.74) is 3.10. The average Bonchev–Trinajstić information content (AvgIpc) is 2.94. The zero-order valence-electron chi connectivity index (χ0n) is 13.0. The summed E-state index contributed by atoms with van der Waals surface area (Å²) in [6.07, 6.45) is 2.15. The number of hydrogen-bond donors (Lipinski definition) is 0. The van der Waals surface area contributed by atoms with Crippen molar-refractivity contribution < 1.29 is 13.3 Å². The zero-order valence-corrected chi connectivity index (χ0v) is 13.8. The number of hydrogen-bond acceptors (Lipinski definition) is 4. The summed E-state index contributed by atoms with van der Waals surface area (Å²) < 4.78 is 31.4. The second kappa shape index (κ2) is 6.58. The van der Waals surface area contributed by atoms with Gasteiger partial charge in [-0.25, -0.2) is 9.38 Å². The molecule has 6 heteroatoms. The van der Waals surface area contributed by atoms with Crippen molar-refractivity contribution in [1.82, 2.24) is 4.98 Å². The van der Waals surface area contributed by atoms with Crippen LogP contribution in [-0.4, -0.2) is 20.8 Å². The summed E-state index contributed by atoms with van der Waals surface area (Å²) in [7, 11) is -1.29. The lowest BCUT2D eigenvalue weighted by Gasteiger charge is -2.10. The topological polar surface area (TPSA) is 51.5 Å². The van der Waals surface area contributed by atoms with Crippen LogP contribution in [-0.2, 0) is 23.0 Å². The molecule has 0 radical (unpaired) electrons. The summed E-state index contributed by atoms with van der Waals surface area (Å²) in [5, 5.41) is 0.564. The third-order valence-corrected chi connectivity index (χ3v) is 5.02. The minimum atomic E-state index is -1.29. The Balaban J connectivity index is 1.79. The second-order valence-electron chi connectivity index (χ2n) is 5.26. The van der Waals surface area contributed by atoms with Crippen molar-refractivity contribution in [1.29, 1.82) is 0 Å². The first-order chi connectivity index (χ1) is 11.1. The number of aromatic nitrogens is 1. The van der Waals surface area contributed by atoms with E-state index in [4.69, 9.17) is 4.74 Å². The van der Waals surface area contributed by atoms with Crippen LogP contribution in [0.5, 0.6) is 5.75 Å². The van der Waals surface area contributed by atoms with Crippen molar-refractivity contribution >= 4 is 21.5 Å². The van der Waals surface area contributed by atoms with E-state index in [1.807, 2.05) is 13.8 Å². The number of nitrogens with zero attached hydrogens (tertiary/aromatic N) is 2. The Labute approximate surface area is 136 Å². The van der Waals surface area contributed by atoms with Crippen molar-refractivity contribution in [2.45, 2.75) is 26.0 Å². The molecule has 1 aliphatic rings. The Morgan fingerprint density at radius 1 is 1.35 bits per heavy atom. The van der Waals surface area contributed by atoms with Crippen molar-refractivity contribution in [2.24, 2.45) is 4.99 Å². The molecule has 1 unspecified atom stereocenters. The van der Waals surface area contributed by atoms with Crippen LogP contribution in [0.4, 0.5) is 10.1 Å². The fourth-order valence-corrected chi connectivity index (χ4v) is 3.71. The Bertz CT molecular complexity index is 805. The quantitative estimate of drug-likeness (QED) is 0.861. The molecule has 120 valence electrons. The van der Waals surface area contributed by atoms with Crippen molar-refractivity contribution in [3.63, 3.8) is 0 Å². The van der Waals surface area contributed by atoms with Crippen LogP contribution in [0.2, 0.25) is 0 Å². The highest BCUT2D eigenvalue weighted by molar-refractivity contribution is 8.00. The molecule has 2 heterocycles. The van der Waals surface area contributed by atoms with E-state index in [1.165, 1.54) is 12.1 Å². The van der Waals surface area contributed by atoms with E-state index in [0.717, 1.165) is 22.6 Å². The maximum absolute atomic E-state index is 13.2. The van der Waals surface area contributed by atoms with Gasteiger partial charge in [0.25, 0.3) is 0 Å². The second-order valence-corrected chi connectivity index (χ2v) is 6.71. The van der Waals surface area contributed by atoms with Gasteiger partial charge in [0.1, 0.15) is 16.6 Å². The largest absolute Gasteiger partial charge is 0.493 e. The minimum absolute atomic E-state index is 0.280.